The smallest absolute Gasteiger partial charge is 0.308 e. The van der Waals surface area contributed by atoms with Crippen molar-refractivity contribution in [3.05, 3.63) is 41.8 Å². The number of nitrogens with zero attached hydrogens (tertiary/aromatic N) is 5. The fourth-order valence-electron chi connectivity index (χ4n) is 3.37. The van der Waals surface area contributed by atoms with Crippen LogP contribution in [0, 0.1) is 5.92 Å². The first-order valence-corrected chi connectivity index (χ1v) is 8.82. The fourth-order valence-corrected chi connectivity index (χ4v) is 3.56. The Balaban J connectivity index is 1.65. The zero-order chi connectivity index (χ0) is 18.1. The SMILES string of the molecule is COC(=O)C1CCN(c2ncnc3c2cnn3-c2cccc(Cl)c2)CC1. The Morgan fingerprint density at radius 3 is 2.81 bits per heavy atom. The predicted molar refractivity (Wildman–Crippen MR) is 98.6 cm³/mol. The van der Waals surface area contributed by atoms with E-state index >= 15 is 0 Å². The summed E-state index contributed by atoms with van der Waals surface area (Å²) in [5.74, 6) is 0.667. The molecule has 3 heterocycles. The lowest BCUT2D eigenvalue weighted by Crippen LogP contribution is -2.37. The lowest BCUT2D eigenvalue weighted by Gasteiger charge is -2.31. The zero-order valence-electron chi connectivity index (χ0n) is 14.3. The van der Waals surface area contributed by atoms with Gasteiger partial charge in [0.05, 0.1) is 30.3 Å². The highest BCUT2D eigenvalue weighted by molar-refractivity contribution is 6.30. The van der Waals surface area contributed by atoms with E-state index in [0.717, 1.165) is 48.5 Å². The molecule has 134 valence electrons. The number of piperidine rings is 1. The quantitative estimate of drug-likeness (QED) is 0.659. The van der Waals surface area contributed by atoms with Crippen molar-refractivity contribution in [2.24, 2.45) is 5.92 Å². The summed E-state index contributed by atoms with van der Waals surface area (Å²) >= 11 is 6.10. The molecule has 0 bridgehead atoms. The van der Waals surface area contributed by atoms with Gasteiger partial charge in [-0.3, -0.25) is 4.79 Å². The van der Waals surface area contributed by atoms with Gasteiger partial charge >= 0.3 is 5.97 Å². The van der Waals surface area contributed by atoms with Gasteiger partial charge in [0.25, 0.3) is 0 Å². The normalized spacial score (nSPS) is 15.4. The number of hydrogen-bond donors (Lipinski definition) is 0. The number of esters is 1. The summed E-state index contributed by atoms with van der Waals surface area (Å²) in [4.78, 5) is 22.8. The summed E-state index contributed by atoms with van der Waals surface area (Å²) in [7, 11) is 1.44. The monoisotopic (exact) mass is 371 g/mol. The van der Waals surface area contributed by atoms with E-state index in [1.54, 1.807) is 17.2 Å². The van der Waals surface area contributed by atoms with E-state index < -0.39 is 0 Å². The molecule has 0 unspecified atom stereocenters. The average Bonchev–Trinajstić information content (AvgIpc) is 3.12. The van der Waals surface area contributed by atoms with Crippen molar-refractivity contribution in [1.29, 1.82) is 0 Å². The van der Waals surface area contributed by atoms with Gasteiger partial charge in [-0.15, -0.1) is 0 Å². The van der Waals surface area contributed by atoms with E-state index in [-0.39, 0.29) is 11.9 Å². The van der Waals surface area contributed by atoms with Gasteiger partial charge in [-0.05, 0) is 31.0 Å². The van der Waals surface area contributed by atoms with E-state index in [2.05, 4.69) is 20.0 Å². The molecule has 3 aromatic rings. The molecular formula is C18H18ClN5O2. The third-order valence-corrected chi connectivity index (χ3v) is 4.96. The molecule has 26 heavy (non-hydrogen) atoms. The van der Waals surface area contributed by atoms with Crippen LogP contribution in [0.25, 0.3) is 16.7 Å². The summed E-state index contributed by atoms with van der Waals surface area (Å²) in [6, 6.07) is 7.48. The molecule has 1 aromatic carbocycles. The molecular weight excluding hydrogens is 354 g/mol. The van der Waals surface area contributed by atoms with Crippen LogP contribution in [-0.2, 0) is 9.53 Å². The molecule has 1 saturated heterocycles. The standard InChI is InChI=1S/C18H18ClN5O2/c1-26-18(25)12-5-7-23(8-6-12)16-15-10-22-24(17(15)21-11-20-16)14-4-2-3-13(19)9-14/h2-4,9-12H,5-8H2,1H3. The van der Waals surface area contributed by atoms with Crippen molar-refractivity contribution in [2.45, 2.75) is 12.8 Å². The van der Waals surface area contributed by atoms with Crippen LogP contribution in [0.4, 0.5) is 5.82 Å². The lowest BCUT2D eigenvalue weighted by atomic mass is 9.97. The lowest BCUT2D eigenvalue weighted by molar-refractivity contribution is -0.146. The molecule has 0 amide bonds. The molecule has 1 fully saturated rings. The van der Waals surface area contributed by atoms with E-state index in [1.807, 2.05) is 24.3 Å². The summed E-state index contributed by atoms with van der Waals surface area (Å²) in [6.45, 7) is 1.49. The van der Waals surface area contributed by atoms with Crippen molar-refractivity contribution < 1.29 is 9.53 Å². The Morgan fingerprint density at radius 1 is 1.27 bits per heavy atom. The van der Waals surface area contributed by atoms with Crippen molar-refractivity contribution in [3.63, 3.8) is 0 Å². The molecule has 0 atom stereocenters. The van der Waals surface area contributed by atoms with Gasteiger partial charge in [-0.25, -0.2) is 14.6 Å². The van der Waals surface area contributed by atoms with Crippen LogP contribution < -0.4 is 4.90 Å². The number of methoxy groups -OCH3 is 1. The maximum Gasteiger partial charge on any atom is 0.308 e. The number of benzene rings is 1. The minimum Gasteiger partial charge on any atom is -0.469 e. The van der Waals surface area contributed by atoms with E-state index in [0.29, 0.717) is 5.02 Å². The average molecular weight is 372 g/mol. The second-order valence-corrected chi connectivity index (χ2v) is 6.69. The van der Waals surface area contributed by atoms with Crippen LogP contribution >= 0.6 is 11.6 Å². The number of fused-ring (bicyclic) bond motifs is 1. The molecule has 0 aliphatic carbocycles. The van der Waals surface area contributed by atoms with Gasteiger partial charge in [0.2, 0.25) is 0 Å². The number of hydrogen-bond acceptors (Lipinski definition) is 6. The molecule has 4 rings (SSSR count). The molecule has 1 aliphatic heterocycles. The first kappa shape index (κ1) is 16.8. The molecule has 7 nitrogen and oxygen atoms in total. The second-order valence-electron chi connectivity index (χ2n) is 6.26. The van der Waals surface area contributed by atoms with Gasteiger partial charge in [0.15, 0.2) is 5.65 Å². The summed E-state index contributed by atoms with van der Waals surface area (Å²) in [5.41, 5.74) is 1.58. The van der Waals surface area contributed by atoms with Crippen molar-refractivity contribution in [3.8, 4) is 5.69 Å². The first-order valence-electron chi connectivity index (χ1n) is 8.45. The Hall–Kier alpha value is -2.67. The van der Waals surface area contributed by atoms with Gasteiger partial charge in [-0.1, -0.05) is 17.7 Å². The highest BCUT2D eigenvalue weighted by atomic mass is 35.5. The van der Waals surface area contributed by atoms with Gasteiger partial charge in [0.1, 0.15) is 12.1 Å². The van der Waals surface area contributed by atoms with E-state index in [9.17, 15) is 4.79 Å². The summed E-state index contributed by atoms with van der Waals surface area (Å²) in [5, 5.41) is 6.00. The van der Waals surface area contributed by atoms with E-state index in [4.69, 9.17) is 16.3 Å². The van der Waals surface area contributed by atoms with Crippen LogP contribution in [0.2, 0.25) is 5.02 Å². The number of aromatic nitrogens is 4. The summed E-state index contributed by atoms with van der Waals surface area (Å²) in [6.07, 6.45) is 4.83. The molecule has 0 spiro atoms. The van der Waals surface area contributed by atoms with Gasteiger partial charge in [0, 0.05) is 18.1 Å². The van der Waals surface area contributed by atoms with Crippen molar-refractivity contribution in [1.82, 2.24) is 19.7 Å². The second kappa shape index (κ2) is 6.92. The van der Waals surface area contributed by atoms with Crippen molar-refractivity contribution >= 4 is 34.4 Å². The minimum absolute atomic E-state index is 0.0391. The zero-order valence-corrected chi connectivity index (χ0v) is 15.1. The Kier molecular flexibility index (Phi) is 4.46. The molecule has 8 heteroatoms. The number of anilines is 1. The minimum atomic E-state index is -0.133. The number of halogens is 1. The maximum absolute atomic E-state index is 11.7. The molecule has 1 aliphatic rings. The highest BCUT2D eigenvalue weighted by Gasteiger charge is 2.27. The predicted octanol–water partition coefficient (Wildman–Crippen LogP) is 2.86. The van der Waals surface area contributed by atoms with Crippen LogP contribution in [0.1, 0.15) is 12.8 Å². The summed E-state index contributed by atoms with van der Waals surface area (Å²) < 4.78 is 6.61. The largest absolute Gasteiger partial charge is 0.469 e. The fraction of sp³-hybridized carbons (Fsp3) is 0.333. The Morgan fingerprint density at radius 2 is 2.08 bits per heavy atom. The highest BCUT2D eigenvalue weighted by Crippen LogP contribution is 2.29. The maximum atomic E-state index is 11.7. The van der Waals surface area contributed by atoms with Gasteiger partial charge < -0.3 is 9.64 Å². The molecule has 0 N–H and O–H groups in total. The number of ether oxygens (including phenoxy) is 1. The topological polar surface area (TPSA) is 73.1 Å². The van der Waals surface area contributed by atoms with E-state index in [1.165, 1.54) is 7.11 Å². The third-order valence-electron chi connectivity index (χ3n) is 4.73. The van der Waals surface area contributed by atoms with Crippen LogP contribution in [0.3, 0.4) is 0 Å². The van der Waals surface area contributed by atoms with Crippen LogP contribution in [0.5, 0.6) is 0 Å². The Bertz CT molecular complexity index is 950. The number of carbonyl (C=O) groups is 1. The van der Waals surface area contributed by atoms with Crippen LogP contribution in [0.15, 0.2) is 36.8 Å². The van der Waals surface area contributed by atoms with Crippen molar-refractivity contribution in [2.75, 3.05) is 25.1 Å². The first-order chi connectivity index (χ1) is 12.7. The Labute approximate surface area is 155 Å². The number of rotatable bonds is 3. The molecule has 2 aromatic heterocycles. The molecule has 0 saturated carbocycles. The van der Waals surface area contributed by atoms with Gasteiger partial charge in [-0.2, -0.15) is 5.10 Å². The van der Waals surface area contributed by atoms with Crippen LogP contribution in [-0.4, -0.2) is 45.9 Å². The number of carbonyl (C=O) groups excluding carboxylic acids is 1. The molecule has 0 radical (unpaired) electrons. The third kappa shape index (κ3) is 2.99.